The van der Waals surface area contributed by atoms with Gasteiger partial charge in [-0.1, -0.05) is 24.6 Å². The number of nitrogens with one attached hydrogen (secondary N) is 1. The van der Waals surface area contributed by atoms with Gasteiger partial charge in [-0.2, -0.15) is 0 Å². The smallest absolute Gasteiger partial charge is 0.287 e. The van der Waals surface area contributed by atoms with Crippen LogP contribution in [0, 0.1) is 0 Å². The number of piperidine rings is 1. The molecule has 1 aromatic heterocycles. The highest BCUT2D eigenvalue weighted by molar-refractivity contribution is 5.95. The average Bonchev–Trinajstić information content (AvgIpc) is 2.97. The van der Waals surface area contributed by atoms with Gasteiger partial charge in [-0.25, -0.2) is 0 Å². The molecule has 1 aromatic carbocycles. The number of benzene rings is 1. The second kappa shape index (κ2) is 6.97. The average molecular weight is 300 g/mol. The molecule has 0 radical (unpaired) electrons. The highest BCUT2D eigenvalue weighted by Gasteiger charge is 2.17. The van der Waals surface area contributed by atoms with Crippen LogP contribution >= 0.6 is 0 Å². The van der Waals surface area contributed by atoms with E-state index in [0.29, 0.717) is 18.3 Å². The monoisotopic (exact) mass is 300 g/mol. The number of furan rings is 1. The van der Waals surface area contributed by atoms with Crippen LogP contribution in [0.5, 0.6) is 0 Å². The number of hydrogen-bond acceptors (Lipinski definition) is 3. The van der Waals surface area contributed by atoms with Gasteiger partial charge in [0, 0.05) is 24.5 Å². The summed E-state index contributed by atoms with van der Waals surface area (Å²) in [6.45, 7) is 5.24. The Balaban J connectivity index is 1.46. The SMILES string of the molecule is C[C@H]1CCCCN1CCCNC(=O)c1cc2ccccc2o1. The fraction of sp³-hybridized carbons (Fsp3) is 0.500. The number of nitrogens with zero attached hydrogens (tertiary/aromatic N) is 1. The fourth-order valence-electron chi connectivity index (χ4n) is 3.15. The van der Waals surface area contributed by atoms with Crippen LogP contribution in [0.15, 0.2) is 34.7 Å². The van der Waals surface area contributed by atoms with E-state index in [9.17, 15) is 4.79 Å². The minimum absolute atomic E-state index is 0.122. The van der Waals surface area contributed by atoms with E-state index in [0.717, 1.165) is 23.9 Å². The van der Waals surface area contributed by atoms with E-state index in [1.54, 1.807) is 6.07 Å². The van der Waals surface area contributed by atoms with Gasteiger partial charge < -0.3 is 14.6 Å². The number of fused-ring (bicyclic) bond motifs is 1. The van der Waals surface area contributed by atoms with E-state index in [1.807, 2.05) is 24.3 Å². The number of para-hydroxylation sites is 1. The minimum atomic E-state index is -0.122. The van der Waals surface area contributed by atoms with Crippen molar-refractivity contribution in [2.24, 2.45) is 0 Å². The lowest BCUT2D eigenvalue weighted by atomic mass is 10.0. The van der Waals surface area contributed by atoms with Crippen LogP contribution in [0.3, 0.4) is 0 Å². The predicted molar refractivity (Wildman–Crippen MR) is 88.1 cm³/mol. The summed E-state index contributed by atoms with van der Waals surface area (Å²) in [6.07, 6.45) is 4.93. The summed E-state index contributed by atoms with van der Waals surface area (Å²) < 4.78 is 5.57. The van der Waals surface area contributed by atoms with Crippen LogP contribution < -0.4 is 5.32 Å². The largest absolute Gasteiger partial charge is 0.451 e. The van der Waals surface area contributed by atoms with Gasteiger partial charge in [0.2, 0.25) is 0 Å². The van der Waals surface area contributed by atoms with Crippen molar-refractivity contribution in [1.29, 1.82) is 0 Å². The predicted octanol–water partition coefficient (Wildman–Crippen LogP) is 3.43. The zero-order chi connectivity index (χ0) is 15.4. The molecule has 4 nitrogen and oxygen atoms in total. The van der Waals surface area contributed by atoms with Crippen LogP contribution in [0.4, 0.5) is 0 Å². The van der Waals surface area contributed by atoms with Gasteiger partial charge in [0.1, 0.15) is 5.58 Å². The van der Waals surface area contributed by atoms with E-state index in [-0.39, 0.29) is 5.91 Å². The molecule has 0 aliphatic carbocycles. The molecule has 1 N–H and O–H groups in total. The maximum atomic E-state index is 12.1. The van der Waals surface area contributed by atoms with E-state index in [1.165, 1.54) is 25.8 Å². The lowest BCUT2D eigenvalue weighted by Crippen LogP contribution is -2.39. The van der Waals surface area contributed by atoms with Gasteiger partial charge in [0.25, 0.3) is 5.91 Å². The first-order valence-electron chi connectivity index (χ1n) is 8.25. The number of amides is 1. The topological polar surface area (TPSA) is 45.5 Å². The molecule has 1 amide bonds. The Labute approximate surface area is 131 Å². The minimum Gasteiger partial charge on any atom is -0.451 e. The van der Waals surface area contributed by atoms with Crippen molar-refractivity contribution in [2.75, 3.05) is 19.6 Å². The highest BCUT2D eigenvalue weighted by atomic mass is 16.3. The van der Waals surface area contributed by atoms with Crippen molar-refractivity contribution in [3.8, 4) is 0 Å². The quantitative estimate of drug-likeness (QED) is 0.861. The van der Waals surface area contributed by atoms with E-state index in [4.69, 9.17) is 4.42 Å². The van der Waals surface area contributed by atoms with Crippen LogP contribution in [-0.2, 0) is 0 Å². The second-order valence-corrected chi connectivity index (χ2v) is 6.14. The lowest BCUT2D eigenvalue weighted by Gasteiger charge is -2.33. The van der Waals surface area contributed by atoms with E-state index in [2.05, 4.69) is 17.1 Å². The third-order valence-corrected chi connectivity index (χ3v) is 4.50. The first kappa shape index (κ1) is 15.1. The standard InChI is InChI=1S/C18H24N2O2/c1-14-7-4-5-11-20(14)12-6-10-19-18(21)17-13-15-8-2-3-9-16(15)22-17/h2-3,8-9,13-14H,4-7,10-12H2,1H3,(H,19,21)/t14-/m0/s1. The third-order valence-electron chi connectivity index (χ3n) is 4.50. The number of hydrogen-bond donors (Lipinski definition) is 1. The molecule has 4 heteroatoms. The summed E-state index contributed by atoms with van der Waals surface area (Å²) in [5.74, 6) is 0.274. The van der Waals surface area contributed by atoms with Crippen molar-refractivity contribution in [1.82, 2.24) is 10.2 Å². The molecule has 1 aliphatic heterocycles. The Morgan fingerprint density at radius 2 is 2.23 bits per heavy atom. The van der Waals surface area contributed by atoms with E-state index < -0.39 is 0 Å². The van der Waals surface area contributed by atoms with Gasteiger partial charge in [-0.05, 0) is 44.9 Å². The van der Waals surface area contributed by atoms with Gasteiger partial charge in [-0.15, -0.1) is 0 Å². The Morgan fingerprint density at radius 3 is 3.05 bits per heavy atom. The zero-order valence-corrected chi connectivity index (χ0v) is 13.2. The molecule has 3 rings (SSSR count). The second-order valence-electron chi connectivity index (χ2n) is 6.14. The molecular formula is C18H24N2O2. The maximum Gasteiger partial charge on any atom is 0.287 e. The highest BCUT2D eigenvalue weighted by Crippen LogP contribution is 2.19. The summed E-state index contributed by atoms with van der Waals surface area (Å²) in [4.78, 5) is 14.6. The summed E-state index contributed by atoms with van der Waals surface area (Å²) in [5, 5.41) is 3.92. The van der Waals surface area contributed by atoms with Crippen LogP contribution in [0.2, 0.25) is 0 Å². The molecule has 0 bridgehead atoms. The van der Waals surface area contributed by atoms with E-state index >= 15 is 0 Å². The van der Waals surface area contributed by atoms with Crippen molar-refractivity contribution in [2.45, 2.75) is 38.6 Å². The van der Waals surface area contributed by atoms with Crippen LogP contribution in [-0.4, -0.2) is 36.5 Å². The number of carbonyl (C=O) groups excluding carboxylic acids is 1. The molecule has 0 spiro atoms. The fourth-order valence-corrected chi connectivity index (χ4v) is 3.15. The summed E-state index contributed by atoms with van der Waals surface area (Å²) >= 11 is 0. The molecule has 1 saturated heterocycles. The Morgan fingerprint density at radius 1 is 1.36 bits per heavy atom. The molecule has 118 valence electrons. The molecule has 0 saturated carbocycles. The Kier molecular flexibility index (Phi) is 4.78. The van der Waals surface area contributed by atoms with Gasteiger partial charge in [0.15, 0.2) is 5.76 Å². The lowest BCUT2D eigenvalue weighted by molar-refractivity contribution is 0.0923. The normalized spacial score (nSPS) is 19.4. The molecule has 1 atom stereocenters. The van der Waals surface area contributed by atoms with Crippen molar-refractivity contribution in [3.05, 3.63) is 36.1 Å². The van der Waals surface area contributed by atoms with Gasteiger partial charge in [-0.3, -0.25) is 4.79 Å². The molecule has 22 heavy (non-hydrogen) atoms. The first-order chi connectivity index (χ1) is 10.7. The maximum absolute atomic E-state index is 12.1. The van der Waals surface area contributed by atoms with Gasteiger partial charge >= 0.3 is 0 Å². The van der Waals surface area contributed by atoms with Crippen molar-refractivity contribution >= 4 is 16.9 Å². The molecule has 0 unspecified atom stereocenters. The molecule has 2 aromatic rings. The molecule has 2 heterocycles. The Bertz CT molecular complexity index is 602. The van der Waals surface area contributed by atoms with Crippen molar-refractivity contribution in [3.63, 3.8) is 0 Å². The number of rotatable bonds is 5. The summed E-state index contributed by atoms with van der Waals surface area (Å²) in [5.41, 5.74) is 0.759. The molecule has 1 aliphatic rings. The number of carbonyl (C=O) groups is 1. The van der Waals surface area contributed by atoms with Gasteiger partial charge in [0.05, 0.1) is 0 Å². The third kappa shape index (κ3) is 3.50. The molecular weight excluding hydrogens is 276 g/mol. The van der Waals surface area contributed by atoms with Crippen LogP contribution in [0.25, 0.3) is 11.0 Å². The number of likely N-dealkylation sites (tertiary alicyclic amines) is 1. The zero-order valence-electron chi connectivity index (χ0n) is 13.2. The first-order valence-corrected chi connectivity index (χ1v) is 8.25. The summed E-state index contributed by atoms with van der Waals surface area (Å²) in [7, 11) is 0. The van der Waals surface area contributed by atoms with Crippen LogP contribution in [0.1, 0.15) is 43.2 Å². The summed E-state index contributed by atoms with van der Waals surface area (Å²) in [6, 6.07) is 10.2. The Hall–Kier alpha value is -1.81. The molecule has 1 fully saturated rings. The van der Waals surface area contributed by atoms with Crippen molar-refractivity contribution < 1.29 is 9.21 Å².